The molecule has 12 heteroatoms. The van der Waals surface area contributed by atoms with Gasteiger partial charge in [0.15, 0.2) is 0 Å². The summed E-state index contributed by atoms with van der Waals surface area (Å²) in [6.07, 6.45) is 1.04. The first-order chi connectivity index (χ1) is 27.2. The Morgan fingerprint density at radius 2 is 1.20 bits per heavy atom. The van der Waals surface area contributed by atoms with Gasteiger partial charge in [0, 0.05) is 12.5 Å². The number of hydrogen-bond donors (Lipinski definition) is 4. The fourth-order valence-electron chi connectivity index (χ4n) is 6.07. The Morgan fingerprint density at radius 3 is 1.70 bits per heavy atom. The number of nitrogens with one attached hydrogen (secondary N) is 3. The summed E-state index contributed by atoms with van der Waals surface area (Å²) in [5.74, 6) is 0.486. The van der Waals surface area contributed by atoms with Gasteiger partial charge in [0.25, 0.3) is 0 Å². The molecule has 0 radical (unpaired) electrons. The Morgan fingerprint density at radius 1 is 0.679 bits per heavy atom. The van der Waals surface area contributed by atoms with Crippen LogP contribution in [0.5, 0.6) is 17.2 Å². The van der Waals surface area contributed by atoms with Crippen LogP contribution in [0.4, 0.5) is 9.59 Å². The van der Waals surface area contributed by atoms with Crippen LogP contribution >= 0.6 is 0 Å². The van der Waals surface area contributed by atoms with Gasteiger partial charge in [-0.15, -0.1) is 0 Å². The van der Waals surface area contributed by atoms with Crippen LogP contribution in [0.2, 0.25) is 0 Å². The molecule has 0 aromatic heterocycles. The first-order valence-electron chi connectivity index (χ1n) is 17.8. The van der Waals surface area contributed by atoms with Gasteiger partial charge in [0.05, 0.1) is 20.8 Å². The molecular formula is C44H43N3O9. The van der Waals surface area contributed by atoms with Crippen molar-refractivity contribution in [2.24, 2.45) is 0 Å². The van der Waals surface area contributed by atoms with Gasteiger partial charge in [-0.2, -0.15) is 0 Å². The maximum absolute atomic E-state index is 13.7. The van der Waals surface area contributed by atoms with E-state index in [4.69, 9.17) is 18.9 Å². The molecule has 1 unspecified atom stereocenters. The maximum atomic E-state index is 13.7. The average molecular weight is 758 g/mol. The quantitative estimate of drug-likeness (QED) is 0.0257. The van der Waals surface area contributed by atoms with Crippen molar-refractivity contribution in [2.75, 3.05) is 27.4 Å². The smallest absolute Gasteiger partial charge is 0.497 e. The van der Waals surface area contributed by atoms with Crippen molar-refractivity contribution in [3.63, 3.8) is 0 Å². The molecule has 4 N–H and O–H groups in total. The molecule has 5 aromatic carbocycles. The Labute approximate surface area is 325 Å². The summed E-state index contributed by atoms with van der Waals surface area (Å²) >= 11 is 0. The highest BCUT2D eigenvalue weighted by Gasteiger charge is 2.38. The van der Waals surface area contributed by atoms with Crippen LogP contribution in [0, 0.1) is 0 Å². The van der Waals surface area contributed by atoms with Crippen LogP contribution in [0.15, 0.2) is 133 Å². The molecule has 0 heterocycles. The van der Waals surface area contributed by atoms with E-state index in [9.17, 15) is 24.3 Å². The lowest BCUT2D eigenvalue weighted by atomic mass is 9.77. The summed E-state index contributed by atoms with van der Waals surface area (Å²) in [5, 5.41) is 17.4. The van der Waals surface area contributed by atoms with Crippen molar-refractivity contribution < 1.29 is 43.2 Å². The van der Waals surface area contributed by atoms with Gasteiger partial charge in [0.2, 0.25) is 11.8 Å². The SMILES string of the molecule is COc1cc(/C=C/c2ccc(OC(=O)OCCNC(=O)C(CCC(=O)NC(c3ccccc3)(c3ccccc3)c3ccccc3)NC(=O)O)cc2)cc(OC)c1. The minimum Gasteiger partial charge on any atom is -0.497 e. The van der Waals surface area contributed by atoms with Gasteiger partial charge in [0.1, 0.15) is 35.4 Å². The molecular weight excluding hydrogens is 714 g/mol. The molecule has 0 bridgehead atoms. The maximum Gasteiger partial charge on any atom is 0.513 e. The molecule has 288 valence electrons. The topological polar surface area (TPSA) is 162 Å². The highest BCUT2D eigenvalue weighted by molar-refractivity contribution is 5.86. The van der Waals surface area contributed by atoms with Gasteiger partial charge in [-0.1, -0.05) is 115 Å². The standard InChI is InChI=1S/C44H43N3O9/c1-53-37-28-32(29-38(30-37)54-2)19-18-31-20-22-36(23-21-31)56-43(52)55-27-26-45-41(49)39(46-42(50)51)24-25-40(48)47-44(33-12-6-3-7-13-33,34-14-8-4-9-15-34)35-16-10-5-11-17-35/h3-23,28-30,39,46H,24-27H2,1-2H3,(H,45,49)(H,47,48)(H,50,51)/b19-18+. The number of carboxylic acid groups (broad SMARTS) is 1. The predicted molar refractivity (Wildman–Crippen MR) is 211 cm³/mol. The van der Waals surface area contributed by atoms with Crippen molar-refractivity contribution in [1.82, 2.24) is 16.0 Å². The lowest BCUT2D eigenvalue weighted by Gasteiger charge is -2.37. The Kier molecular flexibility index (Phi) is 14.2. The van der Waals surface area contributed by atoms with Gasteiger partial charge in [-0.05, 0) is 58.5 Å². The van der Waals surface area contributed by atoms with Crippen LogP contribution in [-0.4, -0.2) is 62.6 Å². The zero-order valence-electron chi connectivity index (χ0n) is 31.0. The number of hydrogen-bond acceptors (Lipinski definition) is 8. The Bertz CT molecular complexity index is 1970. The van der Waals surface area contributed by atoms with Crippen molar-refractivity contribution in [3.8, 4) is 17.2 Å². The lowest BCUT2D eigenvalue weighted by molar-refractivity contribution is -0.124. The number of carbonyl (C=O) groups excluding carboxylic acids is 3. The summed E-state index contributed by atoms with van der Waals surface area (Å²) < 4.78 is 21.0. The summed E-state index contributed by atoms with van der Waals surface area (Å²) in [4.78, 5) is 50.7. The number of amides is 3. The minimum atomic E-state index is -1.43. The van der Waals surface area contributed by atoms with E-state index in [1.54, 1.807) is 44.6 Å². The molecule has 0 fully saturated rings. The van der Waals surface area contributed by atoms with Gasteiger partial charge < -0.3 is 40.0 Å². The summed E-state index contributed by atoms with van der Waals surface area (Å²) in [5.41, 5.74) is 3.10. The second-order valence-corrected chi connectivity index (χ2v) is 12.5. The van der Waals surface area contributed by atoms with E-state index in [0.29, 0.717) is 11.5 Å². The molecule has 0 spiro atoms. The number of methoxy groups -OCH3 is 2. The van der Waals surface area contributed by atoms with Crippen LogP contribution in [0.25, 0.3) is 12.2 Å². The fourth-order valence-corrected chi connectivity index (χ4v) is 6.07. The van der Waals surface area contributed by atoms with Crippen molar-refractivity contribution in [3.05, 3.63) is 161 Å². The highest BCUT2D eigenvalue weighted by Crippen LogP contribution is 2.37. The number of rotatable bonds is 17. The highest BCUT2D eigenvalue weighted by atomic mass is 16.7. The largest absolute Gasteiger partial charge is 0.513 e. The third-order valence-corrected chi connectivity index (χ3v) is 8.77. The minimum absolute atomic E-state index is 0.129. The first kappa shape index (κ1) is 40.1. The molecule has 12 nitrogen and oxygen atoms in total. The van der Waals surface area contributed by atoms with E-state index in [1.807, 2.05) is 115 Å². The van der Waals surface area contributed by atoms with E-state index in [1.165, 1.54) is 0 Å². The van der Waals surface area contributed by atoms with Crippen molar-refractivity contribution in [1.29, 1.82) is 0 Å². The van der Waals surface area contributed by atoms with Crippen LogP contribution in [0.3, 0.4) is 0 Å². The van der Waals surface area contributed by atoms with E-state index >= 15 is 0 Å². The molecule has 56 heavy (non-hydrogen) atoms. The van der Waals surface area contributed by atoms with E-state index in [0.717, 1.165) is 27.8 Å². The second-order valence-electron chi connectivity index (χ2n) is 12.5. The monoisotopic (exact) mass is 757 g/mol. The zero-order chi connectivity index (χ0) is 39.8. The molecule has 0 aliphatic rings. The number of ether oxygens (including phenoxy) is 4. The van der Waals surface area contributed by atoms with Crippen LogP contribution < -0.4 is 30.2 Å². The third-order valence-electron chi connectivity index (χ3n) is 8.77. The molecule has 1 atom stereocenters. The molecule has 5 aromatic rings. The van der Waals surface area contributed by atoms with E-state index in [-0.39, 0.29) is 31.7 Å². The van der Waals surface area contributed by atoms with Crippen molar-refractivity contribution in [2.45, 2.75) is 24.4 Å². The van der Waals surface area contributed by atoms with Crippen LogP contribution in [0.1, 0.15) is 40.7 Å². The Balaban J connectivity index is 1.13. The summed E-state index contributed by atoms with van der Waals surface area (Å²) in [6, 6.07) is 39.6. The normalized spacial score (nSPS) is 11.5. The second kappa shape index (κ2) is 19.8. The zero-order valence-corrected chi connectivity index (χ0v) is 31.0. The average Bonchev–Trinajstić information content (AvgIpc) is 3.23. The summed E-state index contributed by atoms with van der Waals surface area (Å²) in [6.45, 7) is -0.376. The molecule has 0 saturated carbocycles. The molecule has 0 saturated heterocycles. The van der Waals surface area contributed by atoms with Gasteiger partial charge >= 0.3 is 12.2 Å². The lowest BCUT2D eigenvalue weighted by Crippen LogP contribution is -2.50. The fraction of sp³-hybridized carbons (Fsp3) is 0.182. The van der Waals surface area contributed by atoms with Gasteiger partial charge in [-0.3, -0.25) is 9.59 Å². The molecule has 5 rings (SSSR count). The molecule has 3 amide bonds. The Hall–Kier alpha value is -7.08. The first-order valence-corrected chi connectivity index (χ1v) is 17.8. The number of benzene rings is 5. The van der Waals surface area contributed by atoms with E-state index < -0.39 is 35.6 Å². The van der Waals surface area contributed by atoms with Crippen molar-refractivity contribution >= 4 is 36.2 Å². The van der Waals surface area contributed by atoms with Crippen LogP contribution in [-0.2, 0) is 19.9 Å². The predicted octanol–water partition coefficient (Wildman–Crippen LogP) is 7.03. The van der Waals surface area contributed by atoms with E-state index in [2.05, 4.69) is 16.0 Å². The molecule has 0 aliphatic carbocycles. The van der Waals surface area contributed by atoms with Gasteiger partial charge in [-0.25, -0.2) is 9.59 Å². The molecule has 0 aliphatic heterocycles. The number of carbonyl (C=O) groups is 4. The third kappa shape index (κ3) is 11.0. The summed E-state index contributed by atoms with van der Waals surface area (Å²) in [7, 11) is 3.16.